The average Bonchev–Trinajstić information content (AvgIpc) is 3.66. The minimum Gasteiger partial charge on any atom is -0.390 e. The average molecular weight is 556 g/mol. The lowest BCUT2D eigenvalue weighted by Gasteiger charge is -2.35. The zero-order valence-corrected chi connectivity index (χ0v) is 23.7. The number of hydrogen-bond donors (Lipinski definition) is 2. The Balaban J connectivity index is 1.41. The first kappa shape index (κ1) is 27.6. The van der Waals surface area contributed by atoms with Gasteiger partial charge in [-0.2, -0.15) is 0 Å². The highest BCUT2D eigenvalue weighted by molar-refractivity contribution is 6.02. The molecule has 3 aromatic rings. The summed E-state index contributed by atoms with van der Waals surface area (Å²) in [6, 6.07) is 17.6. The van der Waals surface area contributed by atoms with Crippen molar-refractivity contribution in [3.05, 3.63) is 95.3 Å². The van der Waals surface area contributed by atoms with E-state index < -0.39 is 30.4 Å². The largest absolute Gasteiger partial charge is 0.390 e. The number of anilines is 1. The second-order valence-electron chi connectivity index (χ2n) is 12.3. The van der Waals surface area contributed by atoms with Gasteiger partial charge in [0.05, 0.1) is 31.3 Å². The molecule has 8 heteroatoms. The van der Waals surface area contributed by atoms with E-state index in [-0.39, 0.29) is 29.8 Å². The molecule has 3 heterocycles. The third kappa shape index (κ3) is 5.27. The highest BCUT2D eigenvalue weighted by Gasteiger charge is 2.49. The normalized spacial score (nSPS) is 25.8. The summed E-state index contributed by atoms with van der Waals surface area (Å²) in [6.45, 7) is 7.19. The third-order valence-corrected chi connectivity index (χ3v) is 8.61. The number of fused-ring (bicyclic) bond motifs is 2. The van der Waals surface area contributed by atoms with E-state index in [2.05, 4.69) is 31.1 Å². The molecule has 1 aliphatic carbocycles. The number of aliphatic hydroxyl groups excluding tert-OH is 1. The molecule has 4 unspecified atom stereocenters. The van der Waals surface area contributed by atoms with Gasteiger partial charge in [-0.05, 0) is 46.7 Å². The van der Waals surface area contributed by atoms with Crippen LogP contribution in [0, 0.1) is 11.8 Å². The van der Waals surface area contributed by atoms with Crippen molar-refractivity contribution in [3.8, 4) is 0 Å². The van der Waals surface area contributed by atoms with Crippen molar-refractivity contribution >= 4 is 17.5 Å². The fourth-order valence-electron chi connectivity index (χ4n) is 6.36. The fraction of sp³-hybridized carbons (Fsp3) is 0.424. The molecule has 2 fully saturated rings. The van der Waals surface area contributed by atoms with Crippen LogP contribution in [0.15, 0.2) is 73.1 Å². The SMILES string of the molecule is CC(C)(C)c1ccc(N(C(=O)C2COC3OCCC32)C(C(=O)N[C@@H]2c3ccccc3C[C@@H]2O)c2cccnc2)cc1. The maximum atomic E-state index is 14.5. The molecule has 6 rings (SSSR count). The van der Waals surface area contributed by atoms with Gasteiger partial charge in [-0.15, -0.1) is 0 Å². The molecule has 0 saturated carbocycles. The number of nitrogens with one attached hydrogen (secondary N) is 1. The Labute approximate surface area is 240 Å². The van der Waals surface area contributed by atoms with Gasteiger partial charge < -0.3 is 19.9 Å². The summed E-state index contributed by atoms with van der Waals surface area (Å²) in [6.07, 6.45) is 3.29. The van der Waals surface area contributed by atoms with Gasteiger partial charge in [-0.1, -0.05) is 63.2 Å². The minimum atomic E-state index is -1.02. The standard InChI is InChI=1S/C33H37N3O5/c1-33(2,3)22-10-12-23(13-11-22)36(31(39)26-19-41-32-25(26)14-16-40-32)29(21-8-6-15-34-18-21)30(38)35-28-24-9-5-4-7-20(24)17-27(28)37/h4-13,15,18,25-29,32,37H,14,16-17,19H2,1-3H3,(H,35,38)/t25?,26?,27-,28+,29?,32?/m0/s1. The quantitative estimate of drug-likeness (QED) is 0.472. The zero-order chi connectivity index (χ0) is 28.7. The lowest BCUT2D eigenvalue weighted by Crippen LogP contribution is -2.49. The number of amides is 2. The van der Waals surface area contributed by atoms with Gasteiger partial charge in [0.15, 0.2) is 6.29 Å². The predicted molar refractivity (Wildman–Crippen MR) is 154 cm³/mol. The van der Waals surface area contributed by atoms with E-state index >= 15 is 0 Å². The van der Waals surface area contributed by atoms with Gasteiger partial charge >= 0.3 is 0 Å². The number of rotatable bonds is 6. The molecule has 2 N–H and O–H groups in total. The molecule has 2 saturated heterocycles. The predicted octanol–water partition coefficient (Wildman–Crippen LogP) is 4.24. The molecule has 0 spiro atoms. The van der Waals surface area contributed by atoms with Crippen LogP contribution in [0.3, 0.4) is 0 Å². The third-order valence-electron chi connectivity index (χ3n) is 8.61. The van der Waals surface area contributed by atoms with Crippen LogP contribution in [0.4, 0.5) is 5.69 Å². The van der Waals surface area contributed by atoms with Crippen molar-refractivity contribution in [3.63, 3.8) is 0 Å². The van der Waals surface area contributed by atoms with Crippen molar-refractivity contribution in [2.45, 2.75) is 63.5 Å². The van der Waals surface area contributed by atoms with Crippen molar-refractivity contribution in [2.75, 3.05) is 18.1 Å². The maximum absolute atomic E-state index is 14.5. The molecule has 8 nitrogen and oxygen atoms in total. The number of aliphatic hydroxyl groups is 1. The monoisotopic (exact) mass is 555 g/mol. The van der Waals surface area contributed by atoms with Crippen LogP contribution in [0.2, 0.25) is 0 Å². The lowest BCUT2D eigenvalue weighted by molar-refractivity contribution is -0.129. The van der Waals surface area contributed by atoms with Crippen LogP contribution in [-0.2, 0) is 30.9 Å². The number of carbonyl (C=O) groups excluding carboxylic acids is 2. The molecule has 2 aliphatic heterocycles. The number of hydrogen-bond acceptors (Lipinski definition) is 6. The van der Waals surface area contributed by atoms with Crippen LogP contribution in [0.5, 0.6) is 0 Å². The van der Waals surface area contributed by atoms with Gasteiger partial charge in [-0.25, -0.2) is 0 Å². The van der Waals surface area contributed by atoms with Crippen LogP contribution in [0.1, 0.15) is 61.5 Å². The Kier molecular flexibility index (Phi) is 7.40. The number of benzene rings is 2. The van der Waals surface area contributed by atoms with Crippen molar-refractivity contribution in [1.82, 2.24) is 10.3 Å². The molecule has 41 heavy (non-hydrogen) atoms. The van der Waals surface area contributed by atoms with Crippen LogP contribution in [0.25, 0.3) is 0 Å². The highest BCUT2D eigenvalue weighted by Crippen LogP contribution is 2.40. The molecule has 3 aliphatic rings. The van der Waals surface area contributed by atoms with E-state index in [9.17, 15) is 14.7 Å². The summed E-state index contributed by atoms with van der Waals surface area (Å²) in [5.74, 6) is -1.09. The first-order valence-electron chi connectivity index (χ1n) is 14.4. The Hall–Kier alpha value is -3.59. The molecule has 214 valence electrons. The van der Waals surface area contributed by atoms with E-state index in [1.54, 1.807) is 23.4 Å². The van der Waals surface area contributed by atoms with E-state index in [0.29, 0.717) is 24.3 Å². The first-order chi connectivity index (χ1) is 19.7. The second kappa shape index (κ2) is 11.0. The summed E-state index contributed by atoms with van der Waals surface area (Å²) in [4.78, 5) is 34.8. The van der Waals surface area contributed by atoms with Gasteiger partial charge in [0.2, 0.25) is 11.8 Å². The van der Waals surface area contributed by atoms with E-state index in [1.165, 1.54) is 0 Å². The first-order valence-corrected chi connectivity index (χ1v) is 14.4. The number of aromatic nitrogens is 1. The van der Waals surface area contributed by atoms with Gasteiger partial charge in [-0.3, -0.25) is 19.5 Å². The van der Waals surface area contributed by atoms with E-state index in [4.69, 9.17) is 9.47 Å². The van der Waals surface area contributed by atoms with Gasteiger partial charge in [0, 0.05) is 36.0 Å². The van der Waals surface area contributed by atoms with Gasteiger partial charge in [0.25, 0.3) is 0 Å². The molecule has 1 aromatic heterocycles. The molecule has 6 atom stereocenters. The maximum Gasteiger partial charge on any atom is 0.248 e. The summed E-state index contributed by atoms with van der Waals surface area (Å²) >= 11 is 0. The molecule has 2 aromatic carbocycles. The topological polar surface area (TPSA) is 101 Å². The second-order valence-corrected chi connectivity index (χ2v) is 12.3. The van der Waals surface area contributed by atoms with Crippen LogP contribution in [-0.4, -0.2) is 47.5 Å². The summed E-state index contributed by atoms with van der Waals surface area (Å²) in [5, 5.41) is 14.0. The zero-order valence-electron chi connectivity index (χ0n) is 23.7. The fourth-order valence-corrected chi connectivity index (χ4v) is 6.36. The van der Waals surface area contributed by atoms with Gasteiger partial charge in [0.1, 0.15) is 6.04 Å². The van der Waals surface area contributed by atoms with E-state index in [0.717, 1.165) is 23.1 Å². The molecule has 2 amide bonds. The smallest absolute Gasteiger partial charge is 0.248 e. The minimum absolute atomic E-state index is 0.0695. The molecular formula is C33H37N3O5. The van der Waals surface area contributed by atoms with Crippen LogP contribution < -0.4 is 10.2 Å². The number of carbonyl (C=O) groups is 2. The van der Waals surface area contributed by atoms with Crippen molar-refractivity contribution < 1.29 is 24.2 Å². The van der Waals surface area contributed by atoms with Crippen molar-refractivity contribution in [1.29, 1.82) is 0 Å². The lowest BCUT2D eigenvalue weighted by atomic mass is 9.86. The van der Waals surface area contributed by atoms with Crippen molar-refractivity contribution in [2.24, 2.45) is 11.8 Å². The Morgan fingerprint density at radius 2 is 1.83 bits per heavy atom. The summed E-state index contributed by atoms with van der Waals surface area (Å²) < 4.78 is 11.6. The van der Waals surface area contributed by atoms with Crippen LogP contribution >= 0.6 is 0 Å². The Bertz CT molecular complexity index is 1400. The Morgan fingerprint density at radius 1 is 1.05 bits per heavy atom. The molecule has 0 bridgehead atoms. The molecule has 0 radical (unpaired) electrons. The number of nitrogens with zero attached hydrogens (tertiary/aromatic N) is 2. The number of ether oxygens (including phenoxy) is 2. The summed E-state index contributed by atoms with van der Waals surface area (Å²) in [5.41, 5.74) is 4.13. The molecular weight excluding hydrogens is 518 g/mol. The summed E-state index contributed by atoms with van der Waals surface area (Å²) in [7, 11) is 0. The van der Waals surface area contributed by atoms with E-state index in [1.807, 2.05) is 54.6 Å². The number of pyridine rings is 1. The Morgan fingerprint density at radius 3 is 2.56 bits per heavy atom. The highest BCUT2D eigenvalue weighted by atomic mass is 16.7.